The highest BCUT2D eigenvalue weighted by Crippen LogP contribution is 2.23. The van der Waals surface area contributed by atoms with Crippen LogP contribution < -0.4 is 5.32 Å². The van der Waals surface area contributed by atoms with Gasteiger partial charge >= 0.3 is 11.9 Å². The Kier molecular flexibility index (Phi) is 4.27. The van der Waals surface area contributed by atoms with Crippen LogP contribution in [-0.4, -0.2) is 18.2 Å². The van der Waals surface area contributed by atoms with Crippen LogP contribution in [0.15, 0.2) is 16.6 Å². The molecule has 0 aliphatic carbocycles. The lowest BCUT2D eigenvalue weighted by atomic mass is 10.2. The minimum Gasteiger partial charge on any atom is -0.315 e. The minimum absolute atomic E-state index is 0.151. The molecule has 1 amide bonds. The maximum absolute atomic E-state index is 13.2. The second-order valence-corrected chi connectivity index (χ2v) is 3.70. The summed E-state index contributed by atoms with van der Waals surface area (Å²) in [6.07, 6.45) is 0.151. The van der Waals surface area contributed by atoms with Crippen molar-refractivity contribution in [3.8, 4) is 0 Å². The van der Waals surface area contributed by atoms with Crippen LogP contribution in [-0.2, 0) is 14.5 Å². The van der Waals surface area contributed by atoms with Gasteiger partial charge in [0.1, 0.15) is 5.82 Å². The molecule has 8 heteroatoms. The zero-order valence-corrected chi connectivity index (χ0v) is 9.58. The van der Waals surface area contributed by atoms with Crippen molar-refractivity contribution in [3.63, 3.8) is 0 Å². The number of rotatable bonds is 2. The Bertz CT molecular complexity index is 492. The van der Waals surface area contributed by atoms with Crippen LogP contribution in [0.25, 0.3) is 0 Å². The largest absolute Gasteiger partial charge is 0.436 e. The molecule has 0 fully saturated rings. The number of aldehydes is 1. The lowest BCUT2D eigenvalue weighted by Crippen LogP contribution is -2.23. The molecule has 0 spiro atoms. The van der Waals surface area contributed by atoms with Gasteiger partial charge < -0.3 is 5.32 Å². The van der Waals surface area contributed by atoms with Gasteiger partial charge in [0.05, 0.1) is 11.3 Å². The van der Waals surface area contributed by atoms with E-state index < -0.39 is 23.3 Å². The summed E-state index contributed by atoms with van der Waals surface area (Å²) in [4.78, 5) is 34.7. The molecule has 1 rings (SSSR count). The number of hydrogen-bond acceptors (Lipinski definition) is 4. The van der Waals surface area contributed by atoms with Gasteiger partial charge in [0.15, 0.2) is 6.29 Å². The molecule has 0 saturated heterocycles. The fraction of sp³-hybridized carbons (Fsp3) is 0. The molecule has 17 heavy (non-hydrogen) atoms. The fourth-order valence-corrected chi connectivity index (χ4v) is 1.45. The first-order valence-electron chi connectivity index (χ1n) is 4.07. The van der Waals surface area contributed by atoms with E-state index in [1.54, 1.807) is 0 Å². The third kappa shape index (κ3) is 3.06. The van der Waals surface area contributed by atoms with E-state index in [-0.39, 0.29) is 16.4 Å². The van der Waals surface area contributed by atoms with Crippen molar-refractivity contribution in [1.29, 1.82) is 0 Å². The van der Waals surface area contributed by atoms with Gasteiger partial charge in [-0.2, -0.15) is 0 Å². The van der Waals surface area contributed by atoms with Crippen LogP contribution in [0.3, 0.4) is 0 Å². The smallest absolute Gasteiger partial charge is 0.315 e. The fourth-order valence-electron chi connectivity index (χ4n) is 1.02. The summed E-state index contributed by atoms with van der Waals surface area (Å²) in [7, 11) is 0. The summed E-state index contributed by atoms with van der Waals surface area (Å²) in [5.74, 6) is -4.17. The molecule has 0 bridgehead atoms. The van der Waals surface area contributed by atoms with E-state index in [0.717, 1.165) is 6.07 Å². The quantitative estimate of drug-likeness (QED) is 0.667. The minimum atomic E-state index is -1.80. The van der Waals surface area contributed by atoms with E-state index in [9.17, 15) is 23.3 Å². The van der Waals surface area contributed by atoms with Gasteiger partial charge in [-0.05, 0) is 12.1 Å². The number of nitrogens with one attached hydrogen (secondary N) is 1. The molecule has 0 atom stereocenters. The standard InChI is InChI=1S/C9H4BrF2NO4/c10-4-1-6(11)5(3-14)7(2-4)13-8(15)9(16)17-12/h1-3H,(H,13,15). The molecule has 1 aromatic carbocycles. The lowest BCUT2D eigenvalue weighted by molar-refractivity contribution is -0.185. The predicted octanol–water partition coefficient (Wildman–Crippen LogP) is 1.77. The Hall–Kier alpha value is -1.83. The summed E-state index contributed by atoms with van der Waals surface area (Å²) in [5.41, 5.74) is -0.740. The molecule has 0 unspecified atom stereocenters. The second-order valence-electron chi connectivity index (χ2n) is 2.79. The van der Waals surface area contributed by atoms with Gasteiger partial charge in [-0.3, -0.25) is 9.59 Å². The average molecular weight is 308 g/mol. The van der Waals surface area contributed by atoms with Gasteiger partial charge in [-0.1, -0.05) is 15.9 Å². The van der Waals surface area contributed by atoms with Gasteiger partial charge in [0.2, 0.25) is 0 Å². The summed E-state index contributed by atoms with van der Waals surface area (Å²) in [6, 6.07) is 2.17. The van der Waals surface area contributed by atoms with Gasteiger partial charge in [0, 0.05) is 9.00 Å². The molecule has 0 aromatic heterocycles. The first kappa shape index (κ1) is 13.2. The molecular weight excluding hydrogens is 304 g/mol. The molecular formula is C9H4BrF2NO4. The Morgan fingerprint density at radius 1 is 1.41 bits per heavy atom. The Labute approximate surface area is 102 Å². The van der Waals surface area contributed by atoms with Crippen molar-refractivity contribution >= 4 is 39.8 Å². The Balaban J connectivity index is 3.09. The lowest BCUT2D eigenvalue weighted by Gasteiger charge is -2.07. The highest BCUT2D eigenvalue weighted by molar-refractivity contribution is 9.10. The molecule has 0 saturated carbocycles. The van der Waals surface area contributed by atoms with Crippen LogP contribution >= 0.6 is 15.9 Å². The number of carbonyl (C=O) groups excluding carboxylic acids is 3. The van der Waals surface area contributed by atoms with E-state index >= 15 is 0 Å². The third-order valence-electron chi connectivity index (χ3n) is 1.72. The van der Waals surface area contributed by atoms with E-state index in [2.05, 4.69) is 20.9 Å². The topological polar surface area (TPSA) is 72.5 Å². The summed E-state index contributed by atoms with van der Waals surface area (Å²) >= 11 is 2.92. The molecule has 90 valence electrons. The zero-order valence-electron chi connectivity index (χ0n) is 8.00. The third-order valence-corrected chi connectivity index (χ3v) is 2.17. The molecule has 0 heterocycles. The van der Waals surface area contributed by atoms with Crippen LogP contribution in [0.5, 0.6) is 0 Å². The first-order chi connectivity index (χ1) is 7.99. The van der Waals surface area contributed by atoms with Crippen LogP contribution in [0, 0.1) is 5.82 Å². The van der Waals surface area contributed by atoms with Crippen molar-refractivity contribution in [2.45, 2.75) is 0 Å². The highest BCUT2D eigenvalue weighted by atomic mass is 79.9. The van der Waals surface area contributed by atoms with Crippen LogP contribution in [0.4, 0.5) is 14.6 Å². The van der Waals surface area contributed by atoms with E-state index in [1.807, 2.05) is 5.32 Å². The SMILES string of the molecule is O=Cc1c(F)cc(Br)cc1NC(=O)C(=O)OF. The summed E-state index contributed by atoms with van der Waals surface area (Å²) in [5, 5.41) is 1.84. The van der Waals surface area contributed by atoms with Gasteiger partial charge in [-0.25, -0.2) is 14.1 Å². The van der Waals surface area contributed by atoms with Crippen molar-refractivity contribution in [2.24, 2.45) is 0 Å². The average Bonchev–Trinajstić information content (AvgIpc) is 2.27. The summed E-state index contributed by atoms with van der Waals surface area (Å²) in [6.45, 7) is 0. The van der Waals surface area contributed by atoms with Crippen molar-refractivity contribution in [1.82, 2.24) is 0 Å². The number of benzene rings is 1. The Morgan fingerprint density at radius 3 is 2.59 bits per heavy atom. The van der Waals surface area contributed by atoms with Gasteiger partial charge in [0.25, 0.3) is 0 Å². The maximum Gasteiger partial charge on any atom is 0.436 e. The Morgan fingerprint density at radius 2 is 2.06 bits per heavy atom. The number of halogens is 3. The number of amides is 1. The second kappa shape index (κ2) is 5.48. The first-order valence-corrected chi connectivity index (χ1v) is 4.87. The van der Waals surface area contributed by atoms with E-state index in [4.69, 9.17) is 0 Å². The summed E-state index contributed by atoms with van der Waals surface area (Å²) < 4.78 is 24.9. The monoisotopic (exact) mass is 307 g/mol. The number of carbonyl (C=O) groups is 3. The number of hydrogen-bond donors (Lipinski definition) is 1. The highest BCUT2D eigenvalue weighted by Gasteiger charge is 2.19. The molecule has 1 aromatic rings. The molecule has 1 N–H and O–H groups in total. The van der Waals surface area contributed by atoms with Gasteiger partial charge in [-0.15, -0.1) is 0 Å². The molecule has 0 aliphatic rings. The number of anilines is 1. The molecule has 0 radical (unpaired) electrons. The van der Waals surface area contributed by atoms with Crippen LogP contribution in [0.2, 0.25) is 0 Å². The molecule has 5 nitrogen and oxygen atoms in total. The zero-order chi connectivity index (χ0) is 13.0. The molecule has 0 aliphatic heterocycles. The van der Waals surface area contributed by atoms with Crippen molar-refractivity contribution in [2.75, 3.05) is 5.32 Å². The van der Waals surface area contributed by atoms with Crippen molar-refractivity contribution in [3.05, 3.63) is 28.0 Å². The normalized spacial score (nSPS) is 9.59. The van der Waals surface area contributed by atoms with Crippen LogP contribution in [0.1, 0.15) is 10.4 Å². The van der Waals surface area contributed by atoms with E-state index in [1.165, 1.54) is 6.07 Å². The predicted molar refractivity (Wildman–Crippen MR) is 55.3 cm³/mol. The van der Waals surface area contributed by atoms with Crippen molar-refractivity contribution < 1.29 is 28.2 Å². The van der Waals surface area contributed by atoms with E-state index in [0.29, 0.717) is 0 Å². The maximum atomic E-state index is 13.2.